The zero-order valence-corrected chi connectivity index (χ0v) is 13.1. The van der Waals surface area contributed by atoms with Crippen molar-refractivity contribution in [2.24, 2.45) is 0 Å². The molecule has 3 aromatic rings. The number of hydrogen-bond donors (Lipinski definition) is 1. The van der Waals surface area contributed by atoms with E-state index >= 15 is 0 Å². The number of nitrogens with two attached hydrogens (primary N) is 1. The number of nitrogen functional groups attached to an aromatic ring is 1. The van der Waals surface area contributed by atoms with Crippen LogP contribution in [0.4, 0.5) is 5.82 Å². The Bertz CT molecular complexity index is 764. The maximum absolute atomic E-state index is 5.73. The topological polar surface area (TPSA) is 90.7 Å². The fourth-order valence-corrected chi connectivity index (χ4v) is 2.80. The highest BCUT2D eigenvalue weighted by Gasteiger charge is 2.12. The monoisotopic (exact) mass is 363 g/mol. The largest absolute Gasteiger partial charge is 0.420 e. The Labute approximate surface area is 133 Å². The van der Waals surface area contributed by atoms with Crippen LogP contribution in [-0.2, 0) is 5.75 Å². The van der Waals surface area contributed by atoms with Gasteiger partial charge in [0, 0.05) is 16.9 Å². The molecule has 0 saturated heterocycles. The smallest absolute Gasteiger partial charge is 0.248 e. The fraction of sp³-hybridized carbons (Fsp3) is 0.0769. The zero-order valence-electron chi connectivity index (χ0n) is 10.7. The maximum atomic E-state index is 5.73. The molecule has 2 heterocycles. The predicted octanol–water partition coefficient (Wildman–Crippen LogP) is 3.16. The Balaban J connectivity index is 1.74. The summed E-state index contributed by atoms with van der Waals surface area (Å²) in [5.41, 5.74) is 6.59. The predicted molar refractivity (Wildman–Crippen MR) is 83.4 cm³/mol. The molecule has 0 unspecified atom stereocenters. The zero-order chi connectivity index (χ0) is 14.7. The van der Waals surface area contributed by atoms with Gasteiger partial charge in [0.05, 0.1) is 11.3 Å². The quantitative estimate of drug-likeness (QED) is 0.711. The van der Waals surface area contributed by atoms with Crippen LogP contribution in [0.5, 0.6) is 0 Å². The van der Waals surface area contributed by atoms with Crippen molar-refractivity contribution in [3.05, 3.63) is 47.0 Å². The Morgan fingerprint density at radius 1 is 1.14 bits per heavy atom. The number of aromatic nitrogens is 4. The van der Waals surface area contributed by atoms with Crippen molar-refractivity contribution >= 4 is 33.5 Å². The third kappa shape index (κ3) is 3.22. The minimum absolute atomic E-state index is 0.396. The van der Waals surface area contributed by atoms with E-state index in [1.165, 1.54) is 11.8 Å². The van der Waals surface area contributed by atoms with E-state index in [9.17, 15) is 0 Å². The van der Waals surface area contributed by atoms with E-state index in [2.05, 4.69) is 36.1 Å². The average Bonchev–Trinajstić information content (AvgIpc) is 2.96. The molecule has 8 heteroatoms. The van der Waals surface area contributed by atoms with Crippen LogP contribution in [0.1, 0.15) is 5.89 Å². The Kier molecular flexibility index (Phi) is 4.16. The molecule has 106 valence electrons. The van der Waals surface area contributed by atoms with Gasteiger partial charge in [-0.25, -0.2) is 9.97 Å². The molecule has 6 nitrogen and oxygen atoms in total. The molecular weight excluding hydrogens is 354 g/mol. The van der Waals surface area contributed by atoms with Crippen LogP contribution >= 0.6 is 27.7 Å². The van der Waals surface area contributed by atoms with Gasteiger partial charge in [-0.2, -0.15) is 0 Å². The van der Waals surface area contributed by atoms with Crippen molar-refractivity contribution < 1.29 is 4.42 Å². The Morgan fingerprint density at radius 2 is 1.95 bits per heavy atom. The van der Waals surface area contributed by atoms with Crippen molar-refractivity contribution in [1.82, 2.24) is 20.2 Å². The summed E-state index contributed by atoms with van der Waals surface area (Å²) in [5.74, 6) is 1.87. The molecule has 1 aromatic carbocycles. The van der Waals surface area contributed by atoms with Crippen LogP contribution in [0.2, 0.25) is 0 Å². The first-order valence-corrected chi connectivity index (χ1v) is 7.78. The van der Waals surface area contributed by atoms with Crippen LogP contribution in [-0.4, -0.2) is 20.2 Å². The first-order valence-electron chi connectivity index (χ1n) is 6.00. The summed E-state index contributed by atoms with van der Waals surface area (Å²) < 4.78 is 6.56. The van der Waals surface area contributed by atoms with Gasteiger partial charge < -0.3 is 10.2 Å². The molecule has 0 aliphatic heterocycles. The highest BCUT2D eigenvalue weighted by molar-refractivity contribution is 9.10. The molecule has 0 aliphatic carbocycles. The lowest BCUT2D eigenvalue weighted by molar-refractivity contribution is 0.528. The SMILES string of the molecule is Nc1nccnc1SCc1nnc(-c2ccccc2Br)o1. The van der Waals surface area contributed by atoms with Crippen molar-refractivity contribution in [1.29, 1.82) is 0 Å². The van der Waals surface area contributed by atoms with E-state index in [0.717, 1.165) is 10.0 Å². The molecule has 21 heavy (non-hydrogen) atoms. The molecule has 3 rings (SSSR count). The van der Waals surface area contributed by atoms with Crippen LogP contribution < -0.4 is 5.73 Å². The van der Waals surface area contributed by atoms with Crippen molar-refractivity contribution in [2.45, 2.75) is 10.8 Å². The minimum atomic E-state index is 0.396. The van der Waals surface area contributed by atoms with Crippen LogP contribution in [0.15, 0.2) is 50.6 Å². The maximum Gasteiger partial charge on any atom is 0.248 e. The highest BCUT2D eigenvalue weighted by Crippen LogP contribution is 2.29. The number of halogens is 1. The van der Waals surface area contributed by atoms with Gasteiger partial charge in [0.1, 0.15) is 5.03 Å². The standard InChI is InChI=1S/C13H10BrN5OS/c14-9-4-2-1-3-8(9)12-19-18-10(20-12)7-21-13-11(15)16-5-6-17-13/h1-6H,7H2,(H2,15,16). The lowest BCUT2D eigenvalue weighted by Crippen LogP contribution is -1.94. The number of anilines is 1. The number of benzene rings is 1. The normalized spacial score (nSPS) is 10.7. The third-order valence-corrected chi connectivity index (χ3v) is 4.27. The van der Waals surface area contributed by atoms with E-state index in [1.54, 1.807) is 12.4 Å². The average molecular weight is 364 g/mol. The molecule has 0 spiro atoms. The third-order valence-electron chi connectivity index (χ3n) is 2.59. The summed E-state index contributed by atoms with van der Waals surface area (Å²) in [4.78, 5) is 8.13. The van der Waals surface area contributed by atoms with Crippen LogP contribution in [0.3, 0.4) is 0 Å². The van der Waals surface area contributed by atoms with Gasteiger partial charge >= 0.3 is 0 Å². The summed E-state index contributed by atoms with van der Waals surface area (Å²) >= 11 is 4.87. The minimum Gasteiger partial charge on any atom is -0.420 e. The van der Waals surface area contributed by atoms with Crippen LogP contribution in [0, 0.1) is 0 Å². The molecule has 0 amide bonds. The second-order valence-electron chi connectivity index (χ2n) is 4.02. The number of thioether (sulfide) groups is 1. The van der Waals surface area contributed by atoms with Gasteiger partial charge in [0.25, 0.3) is 0 Å². The molecule has 2 N–H and O–H groups in total. The molecule has 0 aliphatic rings. The highest BCUT2D eigenvalue weighted by atomic mass is 79.9. The summed E-state index contributed by atoms with van der Waals surface area (Å²) in [7, 11) is 0. The van der Waals surface area contributed by atoms with Crippen molar-refractivity contribution in [3.63, 3.8) is 0 Å². The second-order valence-corrected chi connectivity index (χ2v) is 5.83. The number of rotatable bonds is 4. The fourth-order valence-electron chi connectivity index (χ4n) is 1.63. The summed E-state index contributed by atoms with van der Waals surface area (Å²) in [6.45, 7) is 0. The molecule has 0 radical (unpaired) electrons. The summed E-state index contributed by atoms with van der Waals surface area (Å²) in [6.07, 6.45) is 3.15. The summed E-state index contributed by atoms with van der Waals surface area (Å²) in [6, 6.07) is 7.68. The lowest BCUT2D eigenvalue weighted by atomic mass is 10.2. The molecule has 0 saturated carbocycles. The van der Waals surface area contributed by atoms with Gasteiger partial charge in [0.15, 0.2) is 5.82 Å². The molecule has 2 aromatic heterocycles. The number of nitrogens with zero attached hydrogens (tertiary/aromatic N) is 4. The van der Waals surface area contributed by atoms with Crippen LogP contribution in [0.25, 0.3) is 11.5 Å². The summed E-state index contributed by atoms with van der Waals surface area (Å²) in [5, 5.41) is 8.74. The molecule has 0 fully saturated rings. The van der Waals surface area contributed by atoms with E-state index in [0.29, 0.717) is 28.4 Å². The molecule has 0 bridgehead atoms. The van der Waals surface area contributed by atoms with E-state index in [4.69, 9.17) is 10.2 Å². The van der Waals surface area contributed by atoms with E-state index in [-0.39, 0.29) is 0 Å². The first-order chi connectivity index (χ1) is 10.2. The molecular formula is C13H10BrN5OS. The Hall–Kier alpha value is -1.93. The lowest BCUT2D eigenvalue weighted by Gasteiger charge is -2.00. The van der Waals surface area contributed by atoms with Crippen molar-refractivity contribution in [3.8, 4) is 11.5 Å². The van der Waals surface area contributed by atoms with E-state index in [1.807, 2.05) is 24.3 Å². The Morgan fingerprint density at radius 3 is 2.76 bits per heavy atom. The molecule has 0 atom stereocenters. The van der Waals surface area contributed by atoms with Gasteiger partial charge in [-0.15, -0.1) is 10.2 Å². The van der Waals surface area contributed by atoms with Crippen molar-refractivity contribution in [2.75, 3.05) is 5.73 Å². The van der Waals surface area contributed by atoms with E-state index < -0.39 is 0 Å². The second kappa shape index (κ2) is 6.23. The van der Waals surface area contributed by atoms with Gasteiger partial charge in [0.2, 0.25) is 11.8 Å². The van der Waals surface area contributed by atoms with Gasteiger partial charge in [-0.1, -0.05) is 23.9 Å². The van der Waals surface area contributed by atoms with Gasteiger partial charge in [-0.3, -0.25) is 0 Å². The number of hydrogen-bond acceptors (Lipinski definition) is 7. The first kappa shape index (κ1) is 14.0. The van der Waals surface area contributed by atoms with Gasteiger partial charge in [-0.05, 0) is 28.1 Å².